The molecule has 2 fully saturated rings. The summed E-state index contributed by atoms with van der Waals surface area (Å²) < 4.78 is 0. The highest BCUT2D eigenvalue weighted by Gasteiger charge is 2.31. The Balaban J connectivity index is 0.000000171. The van der Waals surface area contributed by atoms with Gasteiger partial charge >= 0.3 is 0 Å². The third-order valence-electron chi connectivity index (χ3n) is 7.11. The third-order valence-corrected chi connectivity index (χ3v) is 7.11. The molecule has 2 saturated carbocycles. The molecule has 2 heteroatoms. The highest BCUT2D eigenvalue weighted by Crippen LogP contribution is 2.38. The number of aryl methyl sites for hydroxylation is 2. The molecule has 0 unspecified atom stereocenters. The second-order valence-corrected chi connectivity index (χ2v) is 9.29. The summed E-state index contributed by atoms with van der Waals surface area (Å²) >= 11 is 0. The van der Waals surface area contributed by atoms with Crippen LogP contribution in [-0.4, -0.2) is 10.2 Å². The summed E-state index contributed by atoms with van der Waals surface area (Å²) in [5.41, 5.74) is 3.83. The quantitative estimate of drug-likeness (QED) is 0.584. The van der Waals surface area contributed by atoms with Crippen molar-refractivity contribution in [1.82, 2.24) is 0 Å². The molecule has 2 aliphatic rings. The van der Waals surface area contributed by atoms with Crippen LogP contribution >= 0.6 is 0 Å². The number of rotatable bonds is 4. The van der Waals surface area contributed by atoms with Crippen LogP contribution in [0.5, 0.6) is 0 Å². The summed E-state index contributed by atoms with van der Waals surface area (Å²) in [5, 5.41) is 21.1. The van der Waals surface area contributed by atoms with Crippen molar-refractivity contribution in [3.63, 3.8) is 0 Å². The fourth-order valence-electron chi connectivity index (χ4n) is 5.01. The Labute approximate surface area is 183 Å². The normalized spacial score (nSPS) is 20.1. The molecule has 0 aromatic heterocycles. The predicted octanol–water partition coefficient (Wildman–Crippen LogP) is 6.80. The van der Waals surface area contributed by atoms with Crippen molar-refractivity contribution in [2.75, 3.05) is 0 Å². The SMILES string of the molecule is CCc1cccc(C2(O)CCCCC2)c1.CCc1cccc(C2(O)CCCCC2)c1. The van der Waals surface area contributed by atoms with Gasteiger partial charge in [0.2, 0.25) is 0 Å². The predicted molar refractivity (Wildman–Crippen MR) is 126 cm³/mol. The maximum Gasteiger partial charge on any atom is 0.0896 e. The van der Waals surface area contributed by atoms with Gasteiger partial charge in [0.15, 0.2) is 0 Å². The minimum absolute atomic E-state index is 0.538. The number of benzene rings is 2. The lowest BCUT2D eigenvalue weighted by atomic mass is 9.79. The fraction of sp³-hybridized carbons (Fsp3) is 0.571. The van der Waals surface area contributed by atoms with E-state index >= 15 is 0 Å². The molecule has 0 radical (unpaired) electrons. The highest BCUT2D eigenvalue weighted by molar-refractivity contribution is 5.29. The summed E-state index contributed by atoms with van der Waals surface area (Å²) in [4.78, 5) is 0. The van der Waals surface area contributed by atoms with Gasteiger partial charge in [-0.05, 0) is 60.8 Å². The Morgan fingerprint density at radius 3 is 1.30 bits per heavy atom. The first-order chi connectivity index (χ1) is 14.5. The molecule has 0 saturated heterocycles. The van der Waals surface area contributed by atoms with Crippen molar-refractivity contribution in [1.29, 1.82) is 0 Å². The Morgan fingerprint density at radius 2 is 0.967 bits per heavy atom. The van der Waals surface area contributed by atoms with Gasteiger partial charge in [0.1, 0.15) is 0 Å². The molecule has 2 nitrogen and oxygen atoms in total. The fourth-order valence-corrected chi connectivity index (χ4v) is 5.01. The van der Waals surface area contributed by atoms with Crippen LogP contribution in [0.2, 0.25) is 0 Å². The van der Waals surface area contributed by atoms with Gasteiger partial charge in [-0.2, -0.15) is 0 Å². The van der Waals surface area contributed by atoms with Crippen LogP contribution in [0.1, 0.15) is 100 Å². The molecule has 2 aromatic rings. The van der Waals surface area contributed by atoms with E-state index in [1.807, 2.05) is 0 Å². The molecule has 0 spiro atoms. The summed E-state index contributed by atoms with van der Waals surface area (Å²) in [6.07, 6.45) is 13.0. The molecular weight excluding hydrogens is 368 g/mol. The minimum atomic E-state index is -0.538. The number of aliphatic hydroxyl groups is 2. The molecule has 30 heavy (non-hydrogen) atoms. The number of hydrogen-bond acceptors (Lipinski definition) is 2. The highest BCUT2D eigenvalue weighted by atomic mass is 16.3. The van der Waals surface area contributed by atoms with E-state index in [1.54, 1.807) is 0 Å². The summed E-state index contributed by atoms with van der Waals surface area (Å²) in [5.74, 6) is 0. The van der Waals surface area contributed by atoms with Crippen LogP contribution in [0.15, 0.2) is 48.5 Å². The van der Waals surface area contributed by atoms with Crippen molar-refractivity contribution in [2.24, 2.45) is 0 Å². The zero-order valence-electron chi connectivity index (χ0n) is 19.0. The first-order valence-corrected chi connectivity index (χ1v) is 12.1. The van der Waals surface area contributed by atoms with Gasteiger partial charge in [0.25, 0.3) is 0 Å². The van der Waals surface area contributed by atoms with E-state index in [0.29, 0.717) is 0 Å². The molecule has 0 amide bonds. The first kappa shape index (κ1) is 23.0. The summed E-state index contributed by atoms with van der Waals surface area (Å²) in [6, 6.07) is 16.9. The van der Waals surface area contributed by atoms with E-state index in [4.69, 9.17) is 0 Å². The molecular formula is C28H40O2. The van der Waals surface area contributed by atoms with E-state index in [2.05, 4.69) is 62.4 Å². The van der Waals surface area contributed by atoms with Crippen LogP contribution in [-0.2, 0) is 24.0 Å². The topological polar surface area (TPSA) is 40.5 Å². The van der Waals surface area contributed by atoms with Crippen LogP contribution < -0.4 is 0 Å². The molecule has 2 aliphatic carbocycles. The largest absolute Gasteiger partial charge is 0.385 e. The first-order valence-electron chi connectivity index (χ1n) is 12.1. The van der Waals surface area contributed by atoms with E-state index in [1.165, 1.54) is 24.0 Å². The third kappa shape index (κ3) is 5.74. The van der Waals surface area contributed by atoms with Gasteiger partial charge in [-0.25, -0.2) is 0 Å². The summed E-state index contributed by atoms with van der Waals surface area (Å²) in [7, 11) is 0. The maximum absolute atomic E-state index is 10.6. The molecule has 0 heterocycles. The van der Waals surface area contributed by atoms with Gasteiger partial charge in [-0.3, -0.25) is 0 Å². The molecule has 0 atom stereocenters. The molecule has 0 aliphatic heterocycles. The molecule has 2 aromatic carbocycles. The van der Waals surface area contributed by atoms with Crippen LogP contribution in [0.25, 0.3) is 0 Å². The van der Waals surface area contributed by atoms with Gasteiger partial charge in [0.05, 0.1) is 11.2 Å². The second kappa shape index (κ2) is 10.6. The maximum atomic E-state index is 10.6. The molecule has 2 N–H and O–H groups in total. The van der Waals surface area contributed by atoms with Gasteiger partial charge < -0.3 is 10.2 Å². The number of hydrogen-bond donors (Lipinski definition) is 2. The Hall–Kier alpha value is -1.64. The average molecular weight is 409 g/mol. The molecule has 0 bridgehead atoms. The molecule has 4 rings (SSSR count). The minimum Gasteiger partial charge on any atom is -0.385 e. The van der Waals surface area contributed by atoms with E-state index in [-0.39, 0.29) is 0 Å². The van der Waals surface area contributed by atoms with Crippen LogP contribution in [0.4, 0.5) is 0 Å². The van der Waals surface area contributed by atoms with Crippen molar-refractivity contribution < 1.29 is 10.2 Å². The Bertz CT molecular complexity index is 715. The van der Waals surface area contributed by atoms with Crippen LogP contribution in [0, 0.1) is 0 Å². The zero-order valence-corrected chi connectivity index (χ0v) is 19.0. The van der Waals surface area contributed by atoms with Crippen molar-refractivity contribution >= 4 is 0 Å². The van der Waals surface area contributed by atoms with Crippen molar-refractivity contribution in [3.8, 4) is 0 Å². The van der Waals surface area contributed by atoms with Crippen molar-refractivity contribution in [2.45, 2.75) is 102 Å². The van der Waals surface area contributed by atoms with Crippen molar-refractivity contribution in [3.05, 3.63) is 70.8 Å². The second-order valence-electron chi connectivity index (χ2n) is 9.29. The lowest BCUT2D eigenvalue weighted by Crippen LogP contribution is -2.28. The lowest BCUT2D eigenvalue weighted by molar-refractivity contribution is -0.00102. The van der Waals surface area contributed by atoms with Gasteiger partial charge in [-0.1, -0.05) is 101 Å². The van der Waals surface area contributed by atoms with E-state index in [0.717, 1.165) is 75.3 Å². The monoisotopic (exact) mass is 408 g/mol. The lowest BCUT2D eigenvalue weighted by Gasteiger charge is -2.32. The van der Waals surface area contributed by atoms with Crippen LogP contribution in [0.3, 0.4) is 0 Å². The Morgan fingerprint density at radius 1 is 0.600 bits per heavy atom. The zero-order chi connectivity index (χ0) is 21.5. The standard InChI is InChI=1S/2C14H20O/c2*1-2-12-7-6-8-13(11-12)14(15)9-4-3-5-10-14/h2*6-8,11,15H,2-5,9-10H2,1H3. The molecule has 164 valence electrons. The van der Waals surface area contributed by atoms with Gasteiger partial charge in [0, 0.05) is 0 Å². The van der Waals surface area contributed by atoms with E-state index in [9.17, 15) is 10.2 Å². The smallest absolute Gasteiger partial charge is 0.0896 e. The van der Waals surface area contributed by atoms with E-state index < -0.39 is 11.2 Å². The van der Waals surface area contributed by atoms with Gasteiger partial charge in [-0.15, -0.1) is 0 Å². The Kier molecular flexibility index (Phi) is 8.13. The average Bonchev–Trinajstić information content (AvgIpc) is 2.80. The summed E-state index contributed by atoms with van der Waals surface area (Å²) in [6.45, 7) is 4.31.